The molecule has 0 radical (unpaired) electrons. The Bertz CT molecular complexity index is 1220. The largest absolute Gasteiger partial charge is 0.340 e. The van der Waals surface area contributed by atoms with Gasteiger partial charge in [0.1, 0.15) is 11.6 Å². The summed E-state index contributed by atoms with van der Waals surface area (Å²) in [7, 11) is 0. The minimum absolute atomic E-state index is 0.240. The van der Waals surface area contributed by atoms with E-state index in [9.17, 15) is 4.79 Å². The van der Waals surface area contributed by atoms with Crippen molar-refractivity contribution < 1.29 is 4.79 Å². The number of nitrogens with one attached hydrogen (secondary N) is 2. The maximum Gasteiger partial charge on any atom is 0.248 e. The van der Waals surface area contributed by atoms with E-state index in [0.717, 1.165) is 11.3 Å². The minimum Gasteiger partial charge on any atom is -0.340 e. The van der Waals surface area contributed by atoms with Crippen molar-refractivity contribution in [2.75, 3.05) is 10.6 Å². The third-order valence-corrected chi connectivity index (χ3v) is 4.65. The number of anilines is 3. The second-order valence-corrected chi connectivity index (χ2v) is 7.06. The molecule has 2 heterocycles. The van der Waals surface area contributed by atoms with Gasteiger partial charge in [-0.15, -0.1) is 0 Å². The van der Waals surface area contributed by atoms with Crippen LogP contribution in [0.4, 0.5) is 17.2 Å². The van der Waals surface area contributed by atoms with Crippen LogP contribution in [0, 0.1) is 6.92 Å². The summed E-state index contributed by atoms with van der Waals surface area (Å²) in [5.74, 6) is 1.72. The van der Waals surface area contributed by atoms with Crippen LogP contribution >= 0.6 is 11.6 Å². The first kappa shape index (κ1) is 20.3. The van der Waals surface area contributed by atoms with E-state index in [1.54, 1.807) is 23.0 Å². The number of aryl methyl sites for hydroxylation is 1. The number of benzene rings is 2. The highest BCUT2D eigenvalue weighted by Gasteiger charge is 2.05. The SMILES string of the molecule is Cc1nc(Nc2ccc(NC(=O)/C=C/c3ccccc3Cl)cc2)cc(-n2cccn2)n1. The Balaban J connectivity index is 1.41. The highest BCUT2D eigenvalue weighted by atomic mass is 35.5. The highest BCUT2D eigenvalue weighted by molar-refractivity contribution is 6.32. The lowest BCUT2D eigenvalue weighted by Gasteiger charge is -2.09. The van der Waals surface area contributed by atoms with E-state index in [0.29, 0.717) is 28.2 Å². The molecule has 4 rings (SSSR count). The van der Waals surface area contributed by atoms with Gasteiger partial charge in [0.25, 0.3) is 0 Å². The number of aromatic nitrogens is 4. The van der Waals surface area contributed by atoms with Crippen molar-refractivity contribution in [3.8, 4) is 5.82 Å². The number of rotatable bonds is 6. The number of carbonyl (C=O) groups is 1. The van der Waals surface area contributed by atoms with Crippen molar-refractivity contribution >= 4 is 40.8 Å². The molecule has 2 aromatic heterocycles. The average molecular weight is 431 g/mol. The second-order valence-electron chi connectivity index (χ2n) is 6.66. The topological polar surface area (TPSA) is 84.7 Å². The Morgan fingerprint density at radius 1 is 1.03 bits per heavy atom. The summed E-state index contributed by atoms with van der Waals surface area (Å²) in [4.78, 5) is 21.0. The number of nitrogens with zero attached hydrogens (tertiary/aromatic N) is 4. The zero-order valence-corrected chi connectivity index (χ0v) is 17.4. The van der Waals surface area contributed by atoms with Gasteiger partial charge in [0.05, 0.1) is 0 Å². The quantitative estimate of drug-likeness (QED) is 0.419. The number of hydrogen-bond acceptors (Lipinski definition) is 5. The van der Waals surface area contributed by atoms with E-state index in [1.165, 1.54) is 6.08 Å². The van der Waals surface area contributed by atoms with Crippen molar-refractivity contribution in [2.24, 2.45) is 0 Å². The molecule has 8 heteroatoms. The van der Waals surface area contributed by atoms with Crippen LogP contribution < -0.4 is 10.6 Å². The van der Waals surface area contributed by atoms with Crippen LogP contribution in [0.2, 0.25) is 5.02 Å². The van der Waals surface area contributed by atoms with E-state index in [4.69, 9.17) is 11.6 Å². The zero-order valence-electron chi connectivity index (χ0n) is 16.7. The molecule has 1 amide bonds. The number of halogens is 1. The molecule has 0 unspecified atom stereocenters. The summed E-state index contributed by atoms with van der Waals surface area (Å²) in [6.07, 6.45) is 6.65. The molecule has 2 aromatic carbocycles. The van der Waals surface area contributed by atoms with Crippen LogP contribution in [-0.4, -0.2) is 25.7 Å². The average Bonchev–Trinajstić information content (AvgIpc) is 3.29. The van der Waals surface area contributed by atoms with Crippen molar-refractivity contribution in [1.29, 1.82) is 0 Å². The Kier molecular flexibility index (Phi) is 6.05. The maximum atomic E-state index is 12.2. The predicted octanol–water partition coefficient (Wildman–Crippen LogP) is 5.02. The molecule has 0 saturated carbocycles. The van der Waals surface area contributed by atoms with Crippen LogP contribution in [0.15, 0.2) is 79.1 Å². The zero-order chi connectivity index (χ0) is 21.6. The molecule has 31 heavy (non-hydrogen) atoms. The Hall–Kier alpha value is -3.97. The third kappa shape index (κ3) is 5.34. The molecule has 0 fully saturated rings. The molecular formula is C23H19ClN6O. The number of hydrogen-bond donors (Lipinski definition) is 2. The summed E-state index contributed by atoms with van der Waals surface area (Å²) in [6.45, 7) is 1.83. The summed E-state index contributed by atoms with van der Waals surface area (Å²) < 4.78 is 1.68. The van der Waals surface area contributed by atoms with Gasteiger partial charge < -0.3 is 10.6 Å². The Morgan fingerprint density at radius 2 is 1.81 bits per heavy atom. The summed E-state index contributed by atoms with van der Waals surface area (Å²) >= 11 is 6.10. The molecule has 0 atom stereocenters. The summed E-state index contributed by atoms with van der Waals surface area (Å²) in [5.41, 5.74) is 2.29. The fourth-order valence-electron chi connectivity index (χ4n) is 2.88. The van der Waals surface area contributed by atoms with Crippen molar-refractivity contribution in [1.82, 2.24) is 19.7 Å². The lowest BCUT2D eigenvalue weighted by molar-refractivity contribution is -0.111. The molecule has 2 N–H and O–H groups in total. The second kappa shape index (κ2) is 9.23. The normalized spacial score (nSPS) is 10.9. The van der Waals surface area contributed by atoms with E-state index < -0.39 is 0 Å². The molecule has 154 valence electrons. The fourth-order valence-corrected chi connectivity index (χ4v) is 3.08. The lowest BCUT2D eigenvalue weighted by Crippen LogP contribution is -2.07. The van der Waals surface area contributed by atoms with Gasteiger partial charge in [-0.2, -0.15) is 5.10 Å². The van der Waals surface area contributed by atoms with Gasteiger partial charge >= 0.3 is 0 Å². The van der Waals surface area contributed by atoms with E-state index in [-0.39, 0.29) is 5.91 Å². The van der Waals surface area contributed by atoms with Gasteiger partial charge in [-0.3, -0.25) is 4.79 Å². The van der Waals surface area contributed by atoms with E-state index in [1.807, 2.05) is 67.7 Å². The van der Waals surface area contributed by atoms with E-state index >= 15 is 0 Å². The molecule has 0 spiro atoms. The highest BCUT2D eigenvalue weighted by Crippen LogP contribution is 2.20. The van der Waals surface area contributed by atoms with Gasteiger partial charge in [0, 0.05) is 40.9 Å². The van der Waals surface area contributed by atoms with Crippen molar-refractivity contribution in [3.05, 3.63) is 95.5 Å². The van der Waals surface area contributed by atoms with Gasteiger partial charge in [-0.05, 0) is 55.0 Å². The van der Waals surface area contributed by atoms with Crippen LogP contribution in [-0.2, 0) is 4.79 Å². The summed E-state index contributed by atoms with van der Waals surface area (Å²) in [6, 6.07) is 18.3. The number of carbonyl (C=O) groups excluding carboxylic acids is 1. The van der Waals surface area contributed by atoms with Gasteiger partial charge in [0.2, 0.25) is 5.91 Å². The maximum absolute atomic E-state index is 12.2. The molecule has 0 aliphatic heterocycles. The van der Waals surface area contributed by atoms with Gasteiger partial charge in [0.15, 0.2) is 5.82 Å². The molecule has 0 bridgehead atoms. The molecule has 7 nitrogen and oxygen atoms in total. The molecule has 4 aromatic rings. The standard InChI is InChI=1S/C23H19ClN6O/c1-16-26-21(15-22(27-16)30-14-4-13-25-30)28-18-8-10-19(11-9-18)29-23(31)12-7-17-5-2-3-6-20(17)24/h2-15H,1H3,(H,29,31)(H,26,27,28)/b12-7+. The van der Waals surface area contributed by atoms with Crippen LogP contribution in [0.3, 0.4) is 0 Å². The van der Waals surface area contributed by atoms with Crippen molar-refractivity contribution in [3.63, 3.8) is 0 Å². The Labute approximate surface area is 184 Å². The van der Waals surface area contributed by atoms with Gasteiger partial charge in [-0.25, -0.2) is 14.6 Å². The van der Waals surface area contributed by atoms with Gasteiger partial charge in [-0.1, -0.05) is 29.8 Å². The van der Waals surface area contributed by atoms with Crippen LogP contribution in [0.25, 0.3) is 11.9 Å². The van der Waals surface area contributed by atoms with E-state index in [2.05, 4.69) is 25.7 Å². The Morgan fingerprint density at radius 3 is 2.55 bits per heavy atom. The summed E-state index contributed by atoms with van der Waals surface area (Å²) in [5, 5.41) is 10.9. The molecular weight excluding hydrogens is 412 g/mol. The first-order chi connectivity index (χ1) is 15.1. The molecule has 0 aliphatic rings. The van der Waals surface area contributed by atoms with Crippen LogP contribution in [0.1, 0.15) is 11.4 Å². The smallest absolute Gasteiger partial charge is 0.248 e. The van der Waals surface area contributed by atoms with Crippen molar-refractivity contribution in [2.45, 2.75) is 6.92 Å². The minimum atomic E-state index is -0.240. The first-order valence-corrected chi connectivity index (χ1v) is 9.91. The predicted molar refractivity (Wildman–Crippen MR) is 123 cm³/mol. The lowest BCUT2D eigenvalue weighted by atomic mass is 10.2. The third-order valence-electron chi connectivity index (χ3n) is 4.31. The first-order valence-electron chi connectivity index (χ1n) is 9.53. The van der Waals surface area contributed by atoms with Crippen LogP contribution in [0.5, 0.6) is 0 Å². The molecule has 0 saturated heterocycles. The monoisotopic (exact) mass is 430 g/mol. The molecule has 0 aliphatic carbocycles. The number of amides is 1. The fraction of sp³-hybridized carbons (Fsp3) is 0.0435.